The third kappa shape index (κ3) is 3.04. The van der Waals surface area contributed by atoms with E-state index in [1.165, 1.54) is 24.5 Å². The van der Waals surface area contributed by atoms with Crippen LogP contribution in [0.2, 0.25) is 0 Å². The number of aromatic nitrogens is 2. The molecule has 0 unspecified atom stereocenters. The smallest absolute Gasteiger partial charge is 0.158 e. The average Bonchev–Trinajstić information content (AvgIpc) is 2.38. The zero-order chi connectivity index (χ0) is 13.8. The number of nitrogens with two attached hydrogens (primary N) is 1. The Kier molecular flexibility index (Phi) is 3.70. The van der Waals surface area contributed by atoms with Gasteiger partial charge >= 0.3 is 0 Å². The van der Waals surface area contributed by atoms with Crippen LogP contribution in [0.4, 0.5) is 10.2 Å². The average molecular weight is 259 g/mol. The van der Waals surface area contributed by atoms with E-state index in [-0.39, 0.29) is 11.7 Å². The van der Waals surface area contributed by atoms with E-state index in [4.69, 9.17) is 11.1 Å². The third-order valence-corrected chi connectivity index (χ3v) is 2.60. The van der Waals surface area contributed by atoms with Gasteiger partial charge in [-0.05, 0) is 17.7 Å². The van der Waals surface area contributed by atoms with Crippen molar-refractivity contribution in [1.82, 2.24) is 9.97 Å². The van der Waals surface area contributed by atoms with Gasteiger partial charge in [0, 0.05) is 26.0 Å². The molecule has 0 aliphatic carbocycles. The molecule has 1 aromatic carbocycles. The zero-order valence-electron chi connectivity index (χ0n) is 10.5. The van der Waals surface area contributed by atoms with Crippen LogP contribution in [0.15, 0.2) is 36.7 Å². The van der Waals surface area contributed by atoms with Gasteiger partial charge in [-0.1, -0.05) is 12.1 Å². The van der Waals surface area contributed by atoms with E-state index in [0.29, 0.717) is 18.1 Å². The van der Waals surface area contributed by atoms with Gasteiger partial charge in [0.25, 0.3) is 0 Å². The summed E-state index contributed by atoms with van der Waals surface area (Å²) < 4.78 is 13.1. The summed E-state index contributed by atoms with van der Waals surface area (Å²) in [6, 6.07) is 6.33. The largest absolute Gasteiger partial charge is 0.382 e. The minimum Gasteiger partial charge on any atom is -0.382 e. The maximum absolute atomic E-state index is 13.1. The molecule has 19 heavy (non-hydrogen) atoms. The molecule has 0 amide bonds. The van der Waals surface area contributed by atoms with Crippen molar-refractivity contribution in [2.24, 2.45) is 5.73 Å². The first kappa shape index (κ1) is 12.9. The molecule has 2 rings (SSSR count). The molecule has 0 saturated heterocycles. The van der Waals surface area contributed by atoms with Gasteiger partial charge < -0.3 is 10.6 Å². The summed E-state index contributed by atoms with van der Waals surface area (Å²) in [5, 5.41) is 7.47. The molecule has 1 aromatic heterocycles. The molecule has 6 heteroatoms. The van der Waals surface area contributed by atoms with Crippen LogP contribution in [-0.2, 0) is 6.54 Å². The first-order chi connectivity index (χ1) is 9.08. The Morgan fingerprint density at radius 3 is 2.79 bits per heavy atom. The van der Waals surface area contributed by atoms with Gasteiger partial charge in [0.1, 0.15) is 17.3 Å². The van der Waals surface area contributed by atoms with E-state index in [1.807, 2.05) is 6.07 Å². The summed E-state index contributed by atoms with van der Waals surface area (Å²) in [7, 11) is 1.79. The fourth-order valence-electron chi connectivity index (χ4n) is 1.78. The molecular weight excluding hydrogens is 245 g/mol. The molecule has 98 valence electrons. The summed E-state index contributed by atoms with van der Waals surface area (Å²) in [5.74, 6) is 0.0743. The topological polar surface area (TPSA) is 78.9 Å². The van der Waals surface area contributed by atoms with Crippen LogP contribution in [-0.4, -0.2) is 22.9 Å². The van der Waals surface area contributed by atoms with Gasteiger partial charge in [0.15, 0.2) is 5.82 Å². The van der Waals surface area contributed by atoms with Gasteiger partial charge in [-0.15, -0.1) is 0 Å². The highest BCUT2D eigenvalue weighted by atomic mass is 19.1. The van der Waals surface area contributed by atoms with Gasteiger partial charge in [-0.2, -0.15) is 0 Å². The highest BCUT2D eigenvalue weighted by Crippen LogP contribution is 2.16. The van der Waals surface area contributed by atoms with Crippen LogP contribution < -0.4 is 10.6 Å². The Balaban J connectivity index is 2.25. The summed E-state index contributed by atoms with van der Waals surface area (Å²) in [4.78, 5) is 9.97. The van der Waals surface area contributed by atoms with Crippen LogP contribution >= 0.6 is 0 Å². The molecule has 0 radical (unpaired) electrons. The first-order valence-corrected chi connectivity index (χ1v) is 5.69. The maximum Gasteiger partial charge on any atom is 0.158 e. The lowest BCUT2D eigenvalue weighted by atomic mass is 10.2. The SMILES string of the molecule is CN(Cc1cccc(F)c1)c1nccnc1C(=N)N. The second kappa shape index (κ2) is 5.43. The number of halogens is 1. The summed E-state index contributed by atoms with van der Waals surface area (Å²) in [5.41, 5.74) is 6.59. The molecule has 0 saturated carbocycles. The van der Waals surface area contributed by atoms with Crippen LogP contribution in [0.25, 0.3) is 0 Å². The Morgan fingerprint density at radius 1 is 1.37 bits per heavy atom. The number of nitrogens with zero attached hydrogens (tertiary/aromatic N) is 3. The molecule has 0 spiro atoms. The Bertz CT molecular complexity index is 599. The van der Waals surface area contributed by atoms with Crippen LogP contribution in [0, 0.1) is 11.2 Å². The Labute approximate surface area is 110 Å². The molecule has 5 nitrogen and oxygen atoms in total. The molecule has 2 aromatic rings. The van der Waals surface area contributed by atoms with Gasteiger partial charge in [-0.25, -0.2) is 14.4 Å². The number of nitrogens with one attached hydrogen (secondary N) is 1. The molecule has 0 fully saturated rings. The number of anilines is 1. The number of hydrogen-bond acceptors (Lipinski definition) is 4. The van der Waals surface area contributed by atoms with Crippen molar-refractivity contribution in [3.8, 4) is 0 Å². The number of nitrogen functional groups attached to an aromatic ring is 1. The molecule has 0 aliphatic heterocycles. The lowest BCUT2D eigenvalue weighted by molar-refractivity contribution is 0.625. The van der Waals surface area contributed by atoms with Crippen molar-refractivity contribution in [2.75, 3.05) is 11.9 Å². The van der Waals surface area contributed by atoms with Crippen LogP contribution in [0.5, 0.6) is 0 Å². The number of benzene rings is 1. The fourth-order valence-corrected chi connectivity index (χ4v) is 1.78. The molecular formula is C13H14FN5. The van der Waals surface area contributed by atoms with E-state index >= 15 is 0 Å². The van der Waals surface area contributed by atoms with Crippen molar-refractivity contribution in [2.45, 2.75) is 6.54 Å². The second-order valence-electron chi connectivity index (χ2n) is 4.13. The molecule has 1 heterocycles. The van der Waals surface area contributed by atoms with E-state index < -0.39 is 0 Å². The molecule has 0 aliphatic rings. The number of rotatable bonds is 4. The zero-order valence-corrected chi connectivity index (χ0v) is 10.5. The lowest BCUT2D eigenvalue weighted by Crippen LogP contribution is -2.24. The van der Waals surface area contributed by atoms with Crippen molar-refractivity contribution in [3.05, 3.63) is 53.7 Å². The first-order valence-electron chi connectivity index (χ1n) is 5.69. The molecule has 3 N–H and O–H groups in total. The highest BCUT2D eigenvalue weighted by Gasteiger charge is 2.12. The van der Waals surface area contributed by atoms with Crippen LogP contribution in [0.1, 0.15) is 11.3 Å². The van der Waals surface area contributed by atoms with Crippen molar-refractivity contribution in [1.29, 1.82) is 5.41 Å². The molecule has 0 bridgehead atoms. The highest BCUT2D eigenvalue weighted by molar-refractivity contribution is 5.97. The predicted octanol–water partition coefficient (Wildman–Crippen LogP) is 1.54. The summed E-state index contributed by atoms with van der Waals surface area (Å²) >= 11 is 0. The standard InChI is InChI=1S/C13H14FN5/c1-19(8-9-3-2-4-10(14)7-9)13-11(12(15)16)17-5-6-18-13/h2-7H,8H2,1H3,(H3,15,16). The van der Waals surface area contributed by atoms with E-state index in [2.05, 4.69) is 9.97 Å². The Hall–Kier alpha value is -2.50. The van der Waals surface area contributed by atoms with E-state index in [0.717, 1.165) is 5.56 Å². The Morgan fingerprint density at radius 2 is 2.11 bits per heavy atom. The van der Waals surface area contributed by atoms with Gasteiger partial charge in [-0.3, -0.25) is 5.41 Å². The normalized spacial score (nSPS) is 10.2. The van der Waals surface area contributed by atoms with Crippen molar-refractivity contribution in [3.63, 3.8) is 0 Å². The monoisotopic (exact) mass is 259 g/mol. The summed E-state index contributed by atoms with van der Waals surface area (Å²) in [6.45, 7) is 0.455. The number of hydrogen-bond donors (Lipinski definition) is 2. The van der Waals surface area contributed by atoms with Gasteiger partial charge in [0.05, 0.1) is 0 Å². The molecule has 0 atom stereocenters. The van der Waals surface area contributed by atoms with Crippen molar-refractivity contribution >= 4 is 11.7 Å². The summed E-state index contributed by atoms with van der Waals surface area (Å²) in [6.07, 6.45) is 3.01. The van der Waals surface area contributed by atoms with E-state index in [1.54, 1.807) is 18.0 Å². The predicted molar refractivity (Wildman–Crippen MR) is 71.6 cm³/mol. The fraction of sp³-hybridized carbons (Fsp3) is 0.154. The second-order valence-corrected chi connectivity index (χ2v) is 4.13. The third-order valence-electron chi connectivity index (χ3n) is 2.60. The lowest BCUT2D eigenvalue weighted by Gasteiger charge is -2.20. The quantitative estimate of drug-likeness (QED) is 0.644. The van der Waals surface area contributed by atoms with Crippen LogP contribution in [0.3, 0.4) is 0 Å². The minimum absolute atomic E-state index is 0.144. The maximum atomic E-state index is 13.1. The minimum atomic E-state index is -0.281. The van der Waals surface area contributed by atoms with E-state index in [9.17, 15) is 4.39 Å². The van der Waals surface area contributed by atoms with Gasteiger partial charge in [0.2, 0.25) is 0 Å². The van der Waals surface area contributed by atoms with Crippen molar-refractivity contribution < 1.29 is 4.39 Å². The number of amidine groups is 1.